The van der Waals surface area contributed by atoms with Crippen LogP contribution in [0.4, 0.5) is 5.82 Å². The molecule has 0 aliphatic heterocycles. The minimum Gasteiger partial charge on any atom is -0.369 e. The molecule has 0 fully saturated rings. The zero-order chi connectivity index (χ0) is 13.5. The van der Waals surface area contributed by atoms with Crippen LogP contribution < -0.4 is 10.6 Å². The summed E-state index contributed by atoms with van der Waals surface area (Å²) in [4.78, 5) is 19.6. The lowest BCUT2D eigenvalue weighted by atomic mass is 10.2. The fraction of sp³-hybridized carbons (Fsp3) is 0.583. The van der Waals surface area contributed by atoms with Crippen LogP contribution in [0.3, 0.4) is 0 Å². The molecule has 0 radical (unpaired) electrons. The number of rotatable bonds is 6. The number of hydrogen-bond donors (Lipinski definition) is 2. The quantitative estimate of drug-likeness (QED) is 0.776. The third-order valence-electron chi connectivity index (χ3n) is 2.17. The Bertz CT molecular complexity index is 389. The van der Waals surface area contributed by atoms with Crippen molar-refractivity contribution in [2.45, 2.75) is 27.2 Å². The lowest BCUT2D eigenvalue weighted by molar-refractivity contribution is -0.120. The second-order valence-electron chi connectivity index (χ2n) is 4.50. The van der Waals surface area contributed by atoms with Gasteiger partial charge >= 0.3 is 0 Å². The summed E-state index contributed by atoms with van der Waals surface area (Å²) in [6, 6.07) is 1.64. The Labute approximate surface area is 112 Å². The molecule has 6 heteroatoms. The number of amides is 1. The van der Waals surface area contributed by atoms with E-state index in [0.29, 0.717) is 42.2 Å². The van der Waals surface area contributed by atoms with E-state index in [9.17, 15) is 4.79 Å². The SMILES string of the molecule is Cc1nc(Cl)cc(NCCC(=O)NCC(C)C)n1. The Kier molecular flexibility index (Phi) is 5.85. The van der Waals surface area contributed by atoms with Crippen LogP contribution >= 0.6 is 11.6 Å². The van der Waals surface area contributed by atoms with E-state index in [2.05, 4.69) is 34.4 Å². The molecule has 1 heterocycles. The van der Waals surface area contributed by atoms with Crippen molar-refractivity contribution in [1.29, 1.82) is 0 Å². The van der Waals surface area contributed by atoms with E-state index in [-0.39, 0.29) is 5.91 Å². The number of halogens is 1. The maximum atomic E-state index is 11.5. The zero-order valence-corrected chi connectivity index (χ0v) is 11.7. The summed E-state index contributed by atoms with van der Waals surface area (Å²) in [5, 5.41) is 6.30. The van der Waals surface area contributed by atoms with Gasteiger partial charge in [0.2, 0.25) is 5.91 Å². The smallest absolute Gasteiger partial charge is 0.221 e. The molecule has 5 nitrogen and oxygen atoms in total. The molecule has 0 unspecified atom stereocenters. The number of carbonyl (C=O) groups is 1. The van der Waals surface area contributed by atoms with Crippen molar-refractivity contribution < 1.29 is 4.79 Å². The Hall–Kier alpha value is -1.36. The summed E-state index contributed by atoms with van der Waals surface area (Å²) < 4.78 is 0. The van der Waals surface area contributed by atoms with Crippen molar-refractivity contribution in [3.05, 3.63) is 17.0 Å². The summed E-state index contributed by atoms with van der Waals surface area (Å²) in [6.45, 7) is 7.12. The Morgan fingerprint density at radius 3 is 2.78 bits per heavy atom. The normalized spacial score (nSPS) is 10.5. The van der Waals surface area contributed by atoms with Gasteiger partial charge in [0.25, 0.3) is 0 Å². The van der Waals surface area contributed by atoms with Gasteiger partial charge in [-0.1, -0.05) is 25.4 Å². The molecule has 100 valence electrons. The predicted molar refractivity (Wildman–Crippen MR) is 72.7 cm³/mol. The number of aromatic nitrogens is 2. The standard InChI is InChI=1S/C12H19ClN4O/c1-8(2)7-15-12(18)4-5-14-11-6-10(13)16-9(3)17-11/h6,8H,4-5,7H2,1-3H3,(H,15,18)(H,14,16,17). The first-order chi connectivity index (χ1) is 8.47. The minimum atomic E-state index is 0.0353. The third kappa shape index (κ3) is 5.82. The van der Waals surface area contributed by atoms with Crippen molar-refractivity contribution in [2.75, 3.05) is 18.4 Å². The highest BCUT2D eigenvalue weighted by molar-refractivity contribution is 6.29. The van der Waals surface area contributed by atoms with Crippen molar-refractivity contribution in [1.82, 2.24) is 15.3 Å². The summed E-state index contributed by atoms with van der Waals surface area (Å²) in [5.74, 6) is 1.75. The molecule has 1 aromatic heterocycles. The lowest BCUT2D eigenvalue weighted by Gasteiger charge is -2.09. The van der Waals surface area contributed by atoms with Crippen LogP contribution in [0.2, 0.25) is 5.15 Å². The van der Waals surface area contributed by atoms with Crippen LogP contribution in [0.25, 0.3) is 0 Å². The van der Waals surface area contributed by atoms with Gasteiger partial charge < -0.3 is 10.6 Å². The number of hydrogen-bond acceptors (Lipinski definition) is 4. The van der Waals surface area contributed by atoms with E-state index in [0.717, 1.165) is 0 Å². The minimum absolute atomic E-state index is 0.0353. The lowest BCUT2D eigenvalue weighted by Crippen LogP contribution is -2.28. The van der Waals surface area contributed by atoms with Crippen LogP contribution in [0, 0.1) is 12.8 Å². The number of nitrogens with zero attached hydrogens (tertiary/aromatic N) is 2. The molecule has 1 amide bonds. The molecule has 0 bridgehead atoms. The number of aryl methyl sites for hydroxylation is 1. The molecule has 0 aromatic carbocycles. The maximum Gasteiger partial charge on any atom is 0.221 e. The highest BCUT2D eigenvalue weighted by Crippen LogP contribution is 2.10. The summed E-state index contributed by atoms with van der Waals surface area (Å²) in [6.07, 6.45) is 0.410. The third-order valence-corrected chi connectivity index (χ3v) is 2.37. The van der Waals surface area contributed by atoms with Crippen molar-refractivity contribution in [3.63, 3.8) is 0 Å². The molecule has 0 atom stereocenters. The average molecular weight is 271 g/mol. The van der Waals surface area contributed by atoms with E-state index in [1.807, 2.05) is 0 Å². The van der Waals surface area contributed by atoms with Crippen LogP contribution in [0.5, 0.6) is 0 Å². The molecule has 0 saturated heterocycles. The van der Waals surface area contributed by atoms with Crippen LogP contribution in [0.1, 0.15) is 26.1 Å². The van der Waals surface area contributed by atoms with E-state index >= 15 is 0 Å². The number of carbonyl (C=O) groups excluding carboxylic acids is 1. The maximum absolute atomic E-state index is 11.5. The van der Waals surface area contributed by atoms with Gasteiger partial charge in [0.1, 0.15) is 16.8 Å². The Morgan fingerprint density at radius 1 is 1.44 bits per heavy atom. The topological polar surface area (TPSA) is 66.9 Å². The van der Waals surface area contributed by atoms with Gasteiger partial charge in [0.15, 0.2) is 0 Å². The summed E-state index contributed by atoms with van der Waals surface area (Å²) >= 11 is 5.81. The first-order valence-electron chi connectivity index (χ1n) is 5.99. The van der Waals surface area contributed by atoms with Crippen LogP contribution in [-0.4, -0.2) is 29.0 Å². The fourth-order valence-electron chi connectivity index (χ4n) is 1.33. The molecule has 0 aliphatic rings. The summed E-state index contributed by atoms with van der Waals surface area (Å²) in [5.41, 5.74) is 0. The summed E-state index contributed by atoms with van der Waals surface area (Å²) in [7, 11) is 0. The number of nitrogens with one attached hydrogen (secondary N) is 2. The second-order valence-corrected chi connectivity index (χ2v) is 4.89. The van der Waals surface area contributed by atoms with Crippen LogP contribution in [0.15, 0.2) is 6.07 Å². The van der Waals surface area contributed by atoms with Crippen LogP contribution in [-0.2, 0) is 4.79 Å². The van der Waals surface area contributed by atoms with E-state index in [4.69, 9.17) is 11.6 Å². The predicted octanol–water partition coefficient (Wildman–Crippen LogP) is 2.01. The van der Waals surface area contributed by atoms with E-state index in [1.165, 1.54) is 0 Å². The average Bonchev–Trinajstić information content (AvgIpc) is 2.25. The monoisotopic (exact) mass is 270 g/mol. The Morgan fingerprint density at radius 2 is 2.17 bits per heavy atom. The van der Waals surface area contributed by atoms with Crippen molar-refractivity contribution >= 4 is 23.3 Å². The van der Waals surface area contributed by atoms with Gasteiger partial charge in [-0.25, -0.2) is 9.97 Å². The molecule has 18 heavy (non-hydrogen) atoms. The van der Waals surface area contributed by atoms with E-state index < -0.39 is 0 Å². The van der Waals surface area contributed by atoms with Crippen molar-refractivity contribution in [2.24, 2.45) is 5.92 Å². The van der Waals surface area contributed by atoms with Gasteiger partial charge in [-0.2, -0.15) is 0 Å². The van der Waals surface area contributed by atoms with Gasteiger partial charge in [-0.3, -0.25) is 4.79 Å². The molecular weight excluding hydrogens is 252 g/mol. The van der Waals surface area contributed by atoms with E-state index in [1.54, 1.807) is 13.0 Å². The van der Waals surface area contributed by atoms with Crippen molar-refractivity contribution in [3.8, 4) is 0 Å². The first-order valence-corrected chi connectivity index (χ1v) is 6.37. The molecular formula is C12H19ClN4O. The first kappa shape index (κ1) is 14.7. The molecule has 1 aromatic rings. The molecule has 0 aliphatic carbocycles. The molecule has 0 saturated carbocycles. The second kappa shape index (κ2) is 7.16. The van der Waals surface area contributed by atoms with Gasteiger partial charge in [0.05, 0.1) is 0 Å². The van der Waals surface area contributed by atoms with Gasteiger partial charge in [0, 0.05) is 25.6 Å². The fourth-order valence-corrected chi connectivity index (χ4v) is 1.56. The highest BCUT2D eigenvalue weighted by atomic mass is 35.5. The molecule has 2 N–H and O–H groups in total. The molecule has 0 spiro atoms. The Balaban J connectivity index is 2.30. The molecule has 1 rings (SSSR count). The largest absolute Gasteiger partial charge is 0.369 e. The highest BCUT2D eigenvalue weighted by Gasteiger charge is 2.03. The van der Waals surface area contributed by atoms with Gasteiger partial charge in [-0.05, 0) is 12.8 Å². The zero-order valence-electron chi connectivity index (χ0n) is 11.0. The van der Waals surface area contributed by atoms with Gasteiger partial charge in [-0.15, -0.1) is 0 Å². The number of anilines is 1.